The number of imidazole rings is 1. The van der Waals surface area contributed by atoms with Crippen LogP contribution < -0.4 is 32.6 Å². The number of aromatic amines is 1. The van der Waals surface area contributed by atoms with Gasteiger partial charge >= 0.3 is 5.97 Å². The van der Waals surface area contributed by atoms with Crippen LogP contribution in [0.2, 0.25) is 5.02 Å². The number of amides is 1. The lowest BCUT2D eigenvalue weighted by Crippen LogP contribution is -2.31. The molecule has 8 N–H and O–H groups in total. The fourth-order valence-electron chi connectivity index (χ4n) is 4.84. The summed E-state index contributed by atoms with van der Waals surface area (Å²) in [5.74, 6) is 11.2. The fraction of sp³-hybridized carbons (Fsp3) is 0.310. The van der Waals surface area contributed by atoms with E-state index in [-0.39, 0.29) is 17.9 Å². The second kappa shape index (κ2) is 14.4. The molecule has 12 nitrogen and oxygen atoms in total. The molecule has 1 aliphatic rings. The quantitative estimate of drug-likeness (QED) is 0.0587. The van der Waals surface area contributed by atoms with Crippen molar-refractivity contribution in [3.05, 3.63) is 65.1 Å². The summed E-state index contributed by atoms with van der Waals surface area (Å²) in [6, 6.07) is 10.0. The average molecular weight is 594 g/mol. The number of fused-ring (bicyclic) bond motifs is 4. The maximum atomic E-state index is 13.1. The van der Waals surface area contributed by atoms with Gasteiger partial charge in [0.05, 0.1) is 24.5 Å². The number of methoxy groups -OCH3 is 1. The molecule has 0 unspecified atom stereocenters. The van der Waals surface area contributed by atoms with E-state index in [4.69, 9.17) is 33.0 Å². The van der Waals surface area contributed by atoms with Crippen LogP contribution in [0.4, 0.5) is 17.1 Å². The number of carbonyl (C=O) groups excluding carboxylic acids is 2. The zero-order chi connectivity index (χ0) is 30.1. The Morgan fingerprint density at radius 3 is 2.76 bits per heavy atom. The second-order valence-electron chi connectivity index (χ2n) is 9.81. The van der Waals surface area contributed by atoms with Gasteiger partial charge in [-0.05, 0) is 55.3 Å². The molecule has 2 bridgehead atoms. The van der Waals surface area contributed by atoms with Crippen molar-refractivity contribution < 1.29 is 14.3 Å². The van der Waals surface area contributed by atoms with Gasteiger partial charge in [0.2, 0.25) is 5.91 Å². The Kier molecular flexibility index (Phi) is 10.4. The van der Waals surface area contributed by atoms with E-state index in [1.165, 1.54) is 24.5 Å². The van der Waals surface area contributed by atoms with E-state index in [0.717, 1.165) is 36.2 Å². The largest absolute Gasteiger partial charge is 0.467 e. The Hall–Kier alpha value is -4.55. The lowest BCUT2D eigenvalue weighted by Gasteiger charge is -2.20. The lowest BCUT2D eigenvalue weighted by molar-refractivity contribution is -0.141. The summed E-state index contributed by atoms with van der Waals surface area (Å²) >= 11 is 6.18. The number of hydrazine groups is 1. The summed E-state index contributed by atoms with van der Waals surface area (Å²) in [6.07, 6.45) is 9.84. The van der Waals surface area contributed by atoms with E-state index >= 15 is 0 Å². The highest BCUT2D eigenvalue weighted by Gasteiger charge is 2.24. The topological polar surface area (TPSA) is 176 Å². The minimum Gasteiger partial charge on any atom is -0.467 e. The third-order valence-corrected chi connectivity index (χ3v) is 7.24. The monoisotopic (exact) mass is 593 g/mol. The number of halogens is 1. The number of hydrazone groups is 1. The predicted molar refractivity (Wildman–Crippen MR) is 167 cm³/mol. The molecule has 1 amide bonds. The number of aromatic nitrogens is 2. The molecule has 4 rings (SSSR count). The van der Waals surface area contributed by atoms with Crippen molar-refractivity contribution in [3.63, 3.8) is 0 Å². The SMILES string of the molecule is CNc1ccc2c(c1)N[C@H](C(=O)OC)CCCCC[C@H](NC(=O)/C=C/c1cc(Cl)ccc1N(N)/C=N\N)c1nc-2c[nH]1. The van der Waals surface area contributed by atoms with Crippen LogP contribution in [0.5, 0.6) is 0 Å². The van der Waals surface area contributed by atoms with Crippen molar-refractivity contribution in [3.8, 4) is 11.3 Å². The average Bonchev–Trinajstić information content (AvgIpc) is 3.48. The van der Waals surface area contributed by atoms with Gasteiger partial charge in [0, 0.05) is 46.8 Å². The number of rotatable bonds is 7. The highest BCUT2D eigenvalue weighted by atomic mass is 35.5. The molecular weight excluding hydrogens is 558 g/mol. The lowest BCUT2D eigenvalue weighted by atomic mass is 10.0. The number of esters is 1. The minimum absolute atomic E-state index is 0.310. The molecule has 0 aliphatic carbocycles. The number of H-pyrrole nitrogens is 1. The molecule has 1 aromatic heterocycles. The number of ether oxygens (including phenoxy) is 1. The second-order valence-corrected chi connectivity index (χ2v) is 10.2. The van der Waals surface area contributed by atoms with Gasteiger partial charge in [0.25, 0.3) is 0 Å². The number of hydrogen-bond acceptors (Lipinski definition) is 9. The van der Waals surface area contributed by atoms with E-state index in [2.05, 4.69) is 26.0 Å². The summed E-state index contributed by atoms with van der Waals surface area (Å²) in [4.78, 5) is 33.8. The molecule has 2 aromatic carbocycles. The normalized spacial score (nSPS) is 17.3. The van der Waals surface area contributed by atoms with Crippen LogP contribution in [0, 0.1) is 0 Å². The number of anilines is 3. The minimum atomic E-state index is -0.502. The van der Waals surface area contributed by atoms with Gasteiger partial charge in [-0.15, -0.1) is 0 Å². The van der Waals surface area contributed by atoms with Gasteiger partial charge < -0.3 is 31.5 Å². The number of nitrogens with two attached hydrogens (primary N) is 2. The van der Waals surface area contributed by atoms with Gasteiger partial charge in [-0.2, -0.15) is 5.10 Å². The molecular formula is C29H36ClN9O3. The van der Waals surface area contributed by atoms with Crippen LogP contribution in [-0.4, -0.2) is 48.4 Å². The first-order valence-electron chi connectivity index (χ1n) is 13.6. The first-order valence-corrected chi connectivity index (χ1v) is 14.0. The molecule has 42 heavy (non-hydrogen) atoms. The Balaban J connectivity index is 1.60. The summed E-state index contributed by atoms with van der Waals surface area (Å²) < 4.78 is 5.07. The van der Waals surface area contributed by atoms with E-state index in [0.29, 0.717) is 40.6 Å². The van der Waals surface area contributed by atoms with Crippen molar-refractivity contribution in [2.24, 2.45) is 16.8 Å². The Morgan fingerprint density at radius 2 is 2.00 bits per heavy atom. The van der Waals surface area contributed by atoms with E-state index in [9.17, 15) is 9.59 Å². The van der Waals surface area contributed by atoms with Crippen molar-refractivity contribution in [1.29, 1.82) is 0 Å². The molecule has 222 valence electrons. The first-order chi connectivity index (χ1) is 20.3. The molecule has 2 atom stereocenters. The number of nitrogens with zero attached hydrogens (tertiary/aromatic N) is 3. The van der Waals surface area contributed by atoms with Crippen molar-refractivity contribution in [2.75, 3.05) is 29.8 Å². The first kappa shape index (κ1) is 30.4. The molecule has 13 heteroatoms. The number of hydrogen-bond donors (Lipinski definition) is 6. The van der Waals surface area contributed by atoms with E-state index in [1.54, 1.807) is 30.5 Å². The van der Waals surface area contributed by atoms with Crippen molar-refractivity contribution in [1.82, 2.24) is 15.3 Å². The van der Waals surface area contributed by atoms with Gasteiger partial charge in [0.15, 0.2) is 0 Å². The molecule has 0 fully saturated rings. The van der Waals surface area contributed by atoms with Crippen LogP contribution in [0.1, 0.15) is 49.5 Å². The smallest absolute Gasteiger partial charge is 0.328 e. The standard InChI is InChI=1S/C29H36ClN9O3/c1-33-20-10-11-21-24(15-20)36-23(29(41)42-2)7-5-3-4-6-22(28-34-16-25(21)38-28)37-27(40)13-8-18-14-19(30)9-12-26(18)39(32)17-35-31/h8-17,22-23,33,36H,3-7,31-32H2,1-2H3,(H,34,38)(H,37,40)/b13-8+,35-17-/t22-,23-/m0/s1. The van der Waals surface area contributed by atoms with Crippen LogP contribution in [0.3, 0.4) is 0 Å². The third-order valence-electron chi connectivity index (χ3n) is 7.00. The van der Waals surface area contributed by atoms with Crippen LogP contribution in [-0.2, 0) is 14.3 Å². The number of carbonyl (C=O) groups is 2. The zero-order valence-corrected chi connectivity index (χ0v) is 24.3. The molecule has 0 spiro atoms. The van der Waals surface area contributed by atoms with Gasteiger partial charge in [-0.25, -0.2) is 15.6 Å². The van der Waals surface area contributed by atoms with Gasteiger partial charge in [0.1, 0.15) is 18.2 Å². The molecule has 3 aromatic rings. The molecule has 0 saturated carbocycles. The Labute approximate surface area is 249 Å². The maximum Gasteiger partial charge on any atom is 0.328 e. The van der Waals surface area contributed by atoms with Crippen LogP contribution in [0.15, 0.2) is 53.8 Å². The van der Waals surface area contributed by atoms with E-state index in [1.807, 2.05) is 25.2 Å². The summed E-state index contributed by atoms with van der Waals surface area (Å²) in [5.41, 5.74) is 4.31. The maximum absolute atomic E-state index is 13.1. The van der Waals surface area contributed by atoms with Crippen molar-refractivity contribution >= 4 is 53.0 Å². The highest BCUT2D eigenvalue weighted by molar-refractivity contribution is 6.30. The fourth-order valence-corrected chi connectivity index (χ4v) is 5.02. The van der Waals surface area contributed by atoms with E-state index < -0.39 is 6.04 Å². The third kappa shape index (κ3) is 7.59. The van der Waals surface area contributed by atoms with Gasteiger partial charge in [-0.3, -0.25) is 9.80 Å². The number of nitrogens with one attached hydrogen (secondary N) is 4. The molecule has 1 aliphatic heterocycles. The Morgan fingerprint density at radius 1 is 1.19 bits per heavy atom. The summed E-state index contributed by atoms with van der Waals surface area (Å²) in [6.45, 7) is 0. The van der Waals surface area contributed by atoms with Crippen molar-refractivity contribution in [2.45, 2.75) is 44.2 Å². The van der Waals surface area contributed by atoms with Crippen LogP contribution >= 0.6 is 11.6 Å². The highest BCUT2D eigenvalue weighted by Crippen LogP contribution is 2.33. The van der Waals surface area contributed by atoms with Crippen LogP contribution in [0.25, 0.3) is 17.3 Å². The predicted octanol–water partition coefficient (Wildman–Crippen LogP) is 4.14. The van der Waals surface area contributed by atoms with Gasteiger partial charge in [-0.1, -0.05) is 30.9 Å². The zero-order valence-electron chi connectivity index (χ0n) is 23.6. The number of benzene rings is 2. The Bertz CT molecular complexity index is 1460. The summed E-state index contributed by atoms with van der Waals surface area (Å²) in [7, 11) is 3.23. The molecule has 2 heterocycles. The molecule has 0 radical (unpaired) electrons. The summed E-state index contributed by atoms with van der Waals surface area (Å²) in [5, 5.41) is 14.8. The molecule has 0 saturated heterocycles.